The van der Waals surface area contributed by atoms with Crippen LogP contribution in [0.5, 0.6) is 0 Å². The molecule has 5 heteroatoms. The molecule has 0 saturated heterocycles. The van der Waals surface area contributed by atoms with Crippen LogP contribution in [0.3, 0.4) is 0 Å². The van der Waals surface area contributed by atoms with Crippen molar-refractivity contribution >= 4 is 23.2 Å². The van der Waals surface area contributed by atoms with Gasteiger partial charge in [-0.05, 0) is 63.1 Å². The molecule has 0 atom stereocenters. The lowest BCUT2D eigenvalue weighted by molar-refractivity contribution is -0.114. The van der Waals surface area contributed by atoms with E-state index in [0.29, 0.717) is 12.1 Å². The van der Waals surface area contributed by atoms with Gasteiger partial charge in [-0.2, -0.15) is 0 Å². The zero-order valence-corrected chi connectivity index (χ0v) is 15.2. The van der Waals surface area contributed by atoms with Crippen LogP contribution < -0.4 is 16.0 Å². The maximum Gasteiger partial charge on any atom is 0.251 e. The quantitative estimate of drug-likeness (QED) is 0.755. The number of benzene rings is 2. The van der Waals surface area contributed by atoms with E-state index in [1.54, 1.807) is 24.3 Å². The molecule has 3 N–H and O–H groups in total. The predicted molar refractivity (Wildman–Crippen MR) is 102 cm³/mol. The van der Waals surface area contributed by atoms with Crippen molar-refractivity contribution in [1.29, 1.82) is 0 Å². The van der Waals surface area contributed by atoms with Gasteiger partial charge in [0.05, 0.1) is 6.54 Å². The molecule has 0 heterocycles. The first kappa shape index (κ1) is 18.5. The smallest absolute Gasteiger partial charge is 0.251 e. The normalized spacial score (nSPS) is 10.2. The Balaban J connectivity index is 1.93. The summed E-state index contributed by atoms with van der Waals surface area (Å²) in [6.07, 6.45) is 0. The number of anilines is 2. The third-order valence-corrected chi connectivity index (χ3v) is 3.88. The number of amides is 2. The molecule has 2 amide bonds. The van der Waals surface area contributed by atoms with E-state index in [1.165, 1.54) is 5.56 Å². The minimum Gasteiger partial charge on any atom is -0.376 e. The highest BCUT2D eigenvalue weighted by molar-refractivity contribution is 5.96. The minimum absolute atomic E-state index is 0.0999. The predicted octanol–water partition coefficient (Wildman–Crippen LogP) is 3.41. The van der Waals surface area contributed by atoms with Crippen LogP contribution in [0.1, 0.15) is 34.0 Å². The lowest BCUT2D eigenvalue weighted by Gasteiger charge is -2.13. The van der Waals surface area contributed by atoms with Crippen LogP contribution in [0.25, 0.3) is 0 Å². The number of carbonyl (C=O) groups is 2. The molecule has 0 fully saturated rings. The van der Waals surface area contributed by atoms with Crippen LogP contribution in [0.15, 0.2) is 36.4 Å². The second-order valence-electron chi connectivity index (χ2n) is 6.11. The average molecular weight is 339 g/mol. The number of rotatable bonds is 6. The van der Waals surface area contributed by atoms with Crippen molar-refractivity contribution in [3.63, 3.8) is 0 Å². The summed E-state index contributed by atoms with van der Waals surface area (Å²) in [7, 11) is 0. The fourth-order valence-corrected chi connectivity index (χ4v) is 2.75. The zero-order chi connectivity index (χ0) is 18.4. The Morgan fingerprint density at radius 2 is 1.56 bits per heavy atom. The lowest BCUT2D eigenvalue weighted by Crippen LogP contribution is -2.23. The van der Waals surface area contributed by atoms with E-state index in [9.17, 15) is 9.59 Å². The van der Waals surface area contributed by atoms with Gasteiger partial charge in [-0.3, -0.25) is 9.59 Å². The third-order valence-electron chi connectivity index (χ3n) is 3.88. The van der Waals surface area contributed by atoms with Crippen LogP contribution in [0, 0.1) is 20.8 Å². The van der Waals surface area contributed by atoms with Gasteiger partial charge in [0, 0.05) is 23.5 Å². The first-order chi connectivity index (χ1) is 11.9. The summed E-state index contributed by atoms with van der Waals surface area (Å²) in [5.74, 6) is -0.208. The van der Waals surface area contributed by atoms with Crippen molar-refractivity contribution in [1.82, 2.24) is 5.32 Å². The summed E-state index contributed by atoms with van der Waals surface area (Å²) in [5, 5.41) is 8.78. The molecule has 0 aliphatic rings. The highest BCUT2D eigenvalue weighted by atomic mass is 16.2. The standard InChI is InChI=1S/C20H25N3O2/c1-5-21-20(25)16-6-8-17(9-7-16)22-12-18(24)23-19-14(3)10-13(2)11-15(19)4/h6-11,22H,5,12H2,1-4H3,(H,21,25)(H,23,24). The average Bonchev–Trinajstić information content (AvgIpc) is 2.57. The molecule has 2 aromatic carbocycles. The SMILES string of the molecule is CCNC(=O)c1ccc(NCC(=O)Nc2c(C)cc(C)cc2C)cc1. The molecule has 0 aliphatic heterocycles. The maximum atomic E-state index is 12.2. The summed E-state index contributed by atoms with van der Waals surface area (Å²) in [6, 6.07) is 11.2. The van der Waals surface area contributed by atoms with Crippen molar-refractivity contribution in [2.45, 2.75) is 27.7 Å². The molecule has 132 valence electrons. The topological polar surface area (TPSA) is 70.2 Å². The van der Waals surface area contributed by atoms with Gasteiger partial charge in [0.25, 0.3) is 5.91 Å². The van der Waals surface area contributed by atoms with Crippen molar-refractivity contribution in [2.75, 3.05) is 23.7 Å². The summed E-state index contributed by atoms with van der Waals surface area (Å²) in [4.78, 5) is 23.9. The molecule has 25 heavy (non-hydrogen) atoms. The summed E-state index contributed by atoms with van der Waals surface area (Å²) < 4.78 is 0. The Labute approximate surface area is 148 Å². The van der Waals surface area contributed by atoms with Crippen molar-refractivity contribution in [3.05, 3.63) is 58.7 Å². The Hall–Kier alpha value is -2.82. The van der Waals surface area contributed by atoms with E-state index in [1.807, 2.05) is 27.7 Å². The van der Waals surface area contributed by atoms with E-state index in [-0.39, 0.29) is 18.4 Å². The number of nitrogens with one attached hydrogen (secondary N) is 3. The molecule has 0 radical (unpaired) electrons. The van der Waals surface area contributed by atoms with Crippen LogP contribution in [0.2, 0.25) is 0 Å². The highest BCUT2D eigenvalue weighted by Gasteiger charge is 2.09. The van der Waals surface area contributed by atoms with Gasteiger partial charge < -0.3 is 16.0 Å². The third kappa shape index (κ3) is 5.08. The largest absolute Gasteiger partial charge is 0.376 e. The van der Waals surface area contributed by atoms with E-state index in [2.05, 4.69) is 28.1 Å². The van der Waals surface area contributed by atoms with Gasteiger partial charge in [0.15, 0.2) is 0 Å². The fraction of sp³-hybridized carbons (Fsp3) is 0.300. The molecule has 0 aliphatic carbocycles. The first-order valence-corrected chi connectivity index (χ1v) is 8.40. The minimum atomic E-state index is -0.108. The van der Waals surface area contributed by atoms with Gasteiger partial charge in [-0.25, -0.2) is 0 Å². The number of hydrogen-bond donors (Lipinski definition) is 3. The van der Waals surface area contributed by atoms with E-state index < -0.39 is 0 Å². The van der Waals surface area contributed by atoms with Crippen molar-refractivity contribution in [2.24, 2.45) is 0 Å². The molecular weight excluding hydrogens is 314 g/mol. The number of carbonyl (C=O) groups excluding carboxylic acids is 2. The fourth-order valence-electron chi connectivity index (χ4n) is 2.75. The summed E-state index contributed by atoms with van der Waals surface area (Å²) >= 11 is 0. The molecule has 0 unspecified atom stereocenters. The van der Waals surface area contributed by atoms with E-state index in [0.717, 1.165) is 22.5 Å². The zero-order valence-electron chi connectivity index (χ0n) is 15.2. The van der Waals surface area contributed by atoms with E-state index >= 15 is 0 Å². The van der Waals surface area contributed by atoms with Crippen LogP contribution in [0.4, 0.5) is 11.4 Å². The number of aryl methyl sites for hydroxylation is 3. The molecular formula is C20H25N3O2. The Bertz CT molecular complexity index is 744. The molecule has 0 bridgehead atoms. The highest BCUT2D eigenvalue weighted by Crippen LogP contribution is 2.21. The van der Waals surface area contributed by atoms with Gasteiger partial charge in [0.2, 0.25) is 5.91 Å². The van der Waals surface area contributed by atoms with Gasteiger partial charge >= 0.3 is 0 Å². The van der Waals surface area contributed by atoms with Gasteiger partial charge in [-0.15, -0.1) is 0 Å². The Morgan fingerprint density at radius 3 is 2.12 bits per heavy atom. The van der Waals surface area contributed by atoms with Gasteiger partial charge in [-0.1, -0.05) is 17.7 Å². The number of hydrogen-bond acceptors (Lipinski definition) is 3. The Morgan fingerprint density at radius 1 is 0.960 bits per heavy atom. The second kappa shape index (κ2) is 8.33. The van der Waals surface area contributed by atoms with E-state index in [4.69, 9.17) is 0 Å². The van der Waals surface area contributed by atoms with Crippen LogP contribution in [-0.4, -0.2) is 24.9 Å². The molecule has 2 rings (SSSR count). The summed E-state index contributed by atoms with van der Waals surface area (Å²) in [6.45, 7) is 8.65. The Kier molecular flexibility index (Phi) is 6.17. The molecule has 0 spiro atoms. The van der Waals surface area contributed by atoms with Crippen molar-refractivity contribution in [3.8, 4) is 0 Å². The molecule has 2 aromatic rings. The summed E-state index contributed by atoms with van der Waals surface area (Å²) in [5.41, 5.74) is 5.54. The maximum absolute atomic E-state index is 12.2. The lowest BCUT2D eigenvalue weighted by atomic mass is 10.1. The van der Waals surface area contributed by atoms with Crippen LogP contribution >= 0.6 is 0 Å². The first-order valence-electron chi connectivity index (χ1n) is 8.40. The second-order valence-corrected chi connectivity index (χ2v) is 6.11. The van der Waals surface area contributed by atoms with Crippen molar-refractivity contribution < 1.29 is 9.59 Å². The van der Waals surface area contributed by atoms with Crippen LogP contribution in [-0.2, 0) is 4.79 Å². The molecule has 0 saturated carbocycles. The monoisotopic (exact) mass is 339 g/mol. The molecule has 0 aromatic heterocycles. The van der Waals surface area contributed by atoms with Gasteiger partial charge in [0.1, 0.15) is 0 Å². The molecule has 5 nitrogen and oxygen atoms in total.